The van der Waals surface area contributed by atoms with Crippen molar-refractivity contribution in [2.75, 3.05) is 20.2 Å². The van der Waals surface area contributed by atoms with E-state index in [0.29, 0.717) is 99.1 Å². The molecule has 7 rings (SSSR count). The largest absolute Gasteiger partial charge is 0.481 e. The van der Waals surface area contributed by atoms with Gasteiger partial charge in [0.25, 0.3) is 5.56 Å². The summed E-state index contributed by atoms with van der Waals surface area (Å²) in [5.74, 6) is 0.606. The minimum atomic E-state index is -0.186. The summed E-state index contributed by atoms with van der Waals surface area (Å²) in [4.78, 5) is 45.6. The number of nitrogens with zero attached hydrogens (tertiary/aromatic N) is 3. The van der Waals surface area contributed by atoms with Crippen molar-refractivity contribution in [3.8, 4) is 39.4 Å². The Morgan fingerprint density at radius 2 is 1.46 bits per heavy atom. The molecular weight excluding hydrogens is 725 g/mol. The highest BCUT2D eigenvalue weighted by Crippen LogP contribution is 2.44. The molecule has 3 aromatic heterocycles. The molecule has 268 valence electrons. The summed E-state index contributed by atoms with van der Waals surface area (Å²) < 4.78 is 7.14. The van der Waals surface area contributed by atoms with Gasteiger partial charge in [-0.1, -0.05) is 59.1 Å². The van der Waals surface area contributed by atoms with E-state index in [1.807, 2.05) is 30.3 Å². The Labute approximate surface area is 315 Å². The van der Waals surface area contributed by atoms with Crippen LogP contribution in [0.25, 0.3) is 39.2 Å². The van der Waals surface area contributed by atoms with Gasteiger partial charge < -0.3 is 26.0 Å². The second-order valence-electron chi connectivity index (χ2n) is 12.9. The van der Waals surface area contributed by atoms with Crippen molar-refractivity contribution < 1.29 is 14.3 Å². The number of hydrogen-bond acceptors (Lipinski definition) is 8. The van der Waals surface area contributed by atoms with Crippen LogP contribution in [0.15, 0.2) is 71.8 Å². The number of rotatable bonds is 12. The molecule has 14 heteroatoms. The number of nitrogens with one attached hydrogen (secondary N) is 4. The number of carbonyl (C=O) groups is 2. The highest BCUT2D eigenvalue weighted by atomic mass is 35.5. The molecule has 52 heavy (non-hydrogen) atoms. The summed E-state index contributed by atoms with van der Waals surface area (Å²) in [5, 5.41) is 13.8. The normalized spacial score (nSPS) is 17.1. The molecule has 2 aliphatic rings. The minimum absolute atomic E-state index is 0.0526. The van der Waals surface area contributed by atoms with E-state index in [9.17, 15) is 14.4 Å². The van der Waals surface area contributed by atoms with Gasteiger partial charge in [0.15, 0.2) is 0 Å². The lowest BCUT2D eigenvalue weighted by Gasteiger charge is -2.16. The predicted molar refractivity (Wildman–Crippen MR) is 203 cm³/mol. The zero-order valence-corrected chi connectivity index (χ0v) is 30.5. The zero-order valence-electron chi connectivity index (χ0n) is 28.3. The molecule has 0 unspecified atom stereocenters. The third-order valence-corrected chi connectivity index (χ3v) is 10.4. The van der Waals surface area contributed by atoms with Gasteiger partial charge in [0.1, 0.15) is 5.65 Å². The first-order valence-corrected chi connectivity index (χ1v) is 18.1. The molecule has 2 atom stereocenters. The molecule has 0 aliphatic carbocycles. The van der Waals surface area contributed by atoms with Crippen LogP contribution in [0.1, 0.15) is 36.8 Å². The van der Waals surface area contributed by atoms with Crippen LogP contribution in [0.3, 0.4) is 0 Å². The average Bonchev–Trinajstić information content (AvgIpc) is 3.76. The Morgan fingerprint density at radius 1 is 0.808 bits per heavy atom. The van der Waals surface area contributed by atoms with Gasteiger partial charge in [-0.25, -0.2) is 9.97 Å². The molecule has 0 radical (unpaired) electrons. The van der Waals surface area contributed by atoms with E-state index in [1.165, 1.54) is 4.40 Å². The van der Waals surface area contributed by atoms with E-state index in [1.54, 1.807) is 43.8 Å². The standard InChI is InChI=1S/C38H36Cl3N7O4/c1-52-37-22(16-42-19-25-6-9-33(49)45-25)5-8-31(47-37)28-4-2-3-27(35(28)40)30-15-24(39)14-29(36(30)41)21-11-12-48-32(13-21)44-18-23(38(48)51)17-43-20-26-7-10-34(50)46-26/h2-5,8,11-15,18,25-26,42-43H,6-7,9-10,16-17,19-20H2,1H3,(H,45,49)(H,46,50)/t25-,26+/m1/s1. The molecule has 2 aliphatic heterocycles. The number of amides is 2. The first-order chi connectivity index (χ1) is 25.2. The molecule has 5 heterocycles. The zero-order chi connectivity index (χ0) is 36.4. The molecule has 4 N–H and O–H groups in total. The number of fused-ring (bicyclic) bond motifs is 1. The van der Waals surface area contributed by atoms with Gasteiger partial charge in [0.05, 0.1) is 22.8 Å². The van der Waals surface area contributed by atoms with Crippen LogP contribution in [0.2, 0.25) is 15.1 Å². The van der Waals surface area contributed by atoms with Gasteiger partial charge in [0.2, 0.25) is 17.7 Å². The Morgan fingerprint density at radius 3 is 2.13 bits per heavy atom. The fraction of sp³-hybridized carbons (Fsp3) is 0.289. The lowest BCUT2D eigenvalue weighted by atomic mass is 9.97. The minimum Gasteiger partial charge on any atom is -0.481 e. The van der Waals surface area contributed by atoms with Crippen LogP contribution < -0.4 is 31.6 Å². The number of pyridine rings is 2. The first-order valence-electron chi connectivity index (χ1n) is 17.0. The summed E-state index contributed by atoms with van der Waals surface area (Å²) in [5.41, 5.74) is 5.65. The lowest BCUT2D eigenvalue weighted by molar-refractivity contribution is -0.120. The highest BCUT2D eigenvalue weighted by molar-refractivity contribution is 6.40. The molecule has 11 nitrogen and oxygen atoms in total. The molecule has 2 fully saturated rings. The predicted octanol–water partition coefficient (Wildman–Crippen LogP) is 5.80. The number of halogens is 3. The van der Waals surface area contributed by atoms with E-state index in [0.717, 1.165) is 24.0 Å². The number of carbonyl (C=O) groups excluding carboxylic acids is 2. The molecule has 2 aromatic carbocycles. The van der Waals surface area contributed by atoms with Crippen LogP contribution >= 0.6 is 34.8 Å². The van der Waals surface area contributed by atoms with Crippen LogP contribution in [-0.4, -0.2) is 58.5 Å². The van der Waals surface area contributed by atoms with Crippen molar-refractivity contribution in [1.82, 2.24) is 35.6 Å². The van der Waals surface area contributed by atoms with Crippen molar-refractivity contribution in [2.24, 2.45) is 0 Å². The van der Waals surface area contributed by atoms with E-state index in [4.69, 9.17) is 44.5 Å². The van der Waals surface area contributed by atoms with E-state index < -0.39 is 0 Å². The van der Waals surface area contributed by atoms with Crippen LogP contribution in [0.4, 0.5) is 0 Å². The Kier molecular flexibility index (Phi) is 10.8. The number of hydrogen-bond donors (Lipinski definition) is 4. The number of ether oxygens (including phenoxy) is 1. The van der Waals surface area contributed by atoms with Crippen molar-refractivity contribution in [3.05, 3.63) is 104 Å². The van der Waals surface area contributed by atoms with Gasteiger partial charge in [-0.05, 0) is 48.7 Å². The number of benzene rings is 2. The maximum atomic E-state index is 13.3. The van der Waals surface area contributed by atoms with Crippen molar-refractivity contribution in [1.29, 1.82) is 0 Å². The maximum Gasteiger partial charge on any atom is 0.262 e. The molecule has 2 saturated heterocycles. The SMILES string of the molecule is COc1nc(-c2cccc(-c3cc(Cl)cc(-c4ccn5c(=O)c(CNC[C@@H]6CCC(=O)N6)cnc5c4)c3Cl)c2Cl)ccc1CNC[C@H]1CCC(=O)N1. The average molecular weight is 761 g/mol. The van der Waals surface area contributed by atoms with Crippen LogP contribution in [0, 0.1) is 0 Å². The Bertz CT molecular complexity index is 2250. The molecule has 0 saturated carbocycles. The second-order valence-corrected chi connectivity index (χ2v) is 14.1. The summed E-state index contributed by atoms with van der Waals surface area (Å²) >= 11 is 20.9. The quantitative estimate of drug-likeness (QED) is 0.125. The fourth-order valence-corrected chi connectivity index (χ4v) is 7.55. The summed E-state index contributed by atoms with van der Waals surface area (Å²) in [6.07, 6.45) is 5.92. The van der Waals surface area contributed by atoms with Gasteiger partial charge in [0, 0.05) is 102 Å². The molecular formula is C38H36Cl3N7O4. The van der Waals surface area contributed by atoms with Crippen molar-refractivity contribution in [2.45, 2.75) is 50.9 Å². The monoisotopic (exact) mass is 759 g/mol. The number of aromatic nitrogens is 3. The van der Waals surface area contributed by atoms with Crippen molar-refractivity contribution in [3.63, 3.8) is 0 Å². The fourth-order valence-electron chi connectivity index (χ4n) is 6.69. The van der Waals surface area contributed by atoms with Crippen LogP contribution in [0.5, 0.6) is 5.88 Å². The van der Waals surface area contributed by atoms with Crippen molar-refractivity contribution >= 4 is 52.3 Å². The van der Waals surface area contributed by atoms with Gasteiger partial charge in [-0.15, -0.1) is 0 Å². The highest BCUT2D eigenvalue weighted by Gasteiger charge is 2.22. The van der Waals surface area contributed by atoms with E-state index >= 15 is 0 Å². The topological polar surface area (TPSA) is 139 Å². The molecule has 0 bridgehead atoms. The molecule has 5 aromatic rings. The van der Waals surface area contributed by atoms with Gasteiger partial charge >= 0.3 is 0 Å². The Hall–Kier alpha value is -4.52. The molecule has 2 amide bonds. The van der Waals surface area contributed by atoms with Gasteiger partial charge in [-0.2, -0.15) is 0 Å². The second kappa shape index (κ2) is 15.6. The van der Waals surface area contributed by atoms with Gasteiger partial charge in [-0.3, -0.25) is 18.8 Å². The smallest absolute Gasteiger partial charge is 0.262 e. The first kappa shape index (κ1) is 35.9. The summed E-state index contributed by atoms with van der Waals surface area (Å²) in [6, 6.07) is 16.8. The lowest BCUT2D eigenvalue weighted by Crippen LogP contribution is -2.36. The third kappa shape index (κ3) is 7.65. The Balaban J connectivity index is 1.13. The number of methoxy groups -OCH3 is 1. The van der Waals surface area contributed by atoms with E-state index in [2.05, 4.69) is 26.3 Å². The van der Waals surface area contributed by atoms with Crippen LogP contribution in [-0.2, 0) is 22.7 Å². The summed E-state index contributed by atoms with van der Waals surface area (Å²) in [7, 11) is 1.58. The summed E-state index contributed by atoms with van der Waals surface area (Å²) in [6.45, 7) is 2.09. The maximum absolute atomic E-state index is 13.3. The molecule has 0 spiro atoms. The van der Waals surface area contributed by atoms with E-state index in [-0.39, 0.29) is 29.5 Å². The third-order valence-electron chi connectivity index (χ3n) is 9.41.